The molecule has 0 radical (unpaired) electrons. The highest BCUT2D eigenvalue weighted by Crippen LogP contribution is 2.38. The number of rotatable bonds is 2. The third-order valence-electron chi connectivity index (χ3n) is 4.92. The molecule has 0 aliphatic carbocycles. The first-order chi connectivity index (χ1) is 8.45. The Morgan fingerprint density at radius 1 is 1.06 bits per heavy atom. The fourth-order valence-corrected chi connectivity index (χ4v) is 5.07. The van der Waals surface area contributed by atoms with E-state index in [0.717, 1.165) is 38.8 Å². The number of nitrogens with two attached hydrogens (primary N) is 1. The van der Waals surface area contributed by atoms with Crippen molar-refractivity contribution < 1.29 is 8.42 Å². The first kappa shape index (κ1) is 12.8. The molecule has 18 heavy (non-hydrogen) atoms. The van der Waals surface area contributed by atoms with Crippen molar-refractivity contribution in [3.8, 4) is 0 Å². The van der Waals surface area contributed by atoms with E-state index in [0.29, 0.717) is 18.1 Å². The average molecular weight is 273 g/mol. The largest absolute Gasteiger partial charge is 0.303 e. The number of nitrogens with zero attached hydrogens (tertiary/aromatic N) is 2. The molecular formula is C12H23N3O2S. The van der Waals surface area contributed by atoms with Crippen LogP contribution in [0.3, 0.4) is 0 Å². The van der Waals surface area contributed by atoms with Gasteiger partial charge in [0, 0.05) is 31.2 Å². The van der Waals surface area contributed by atoms with Gasteiger partial charge in [0.2, 0.25) is 10.0 Å². The van der Waals surface area contributed by atoms with Crippen LogP contribution in [0.15, 0.2) is 0 Å². The number of likely N-dealkylation sites (tertiary alicyclic amines) is 1. The van der Waals surface area contributed by atoms with Gasteiger partial charge in [-0.2, -0.15) is 0 Å². The van der Waals surface area contributed by atoms with Gasteiger partial charge in [-0.05, 0) is 32.7 Å². The summed E-state index contributed by atoms with van der Waals surface area (Å²) in [5.41, 5.74) is 0. The molecule has 6 heteroatoms. The molecule has 0 aromatic carbocycles. The lowest BCUT2D eigenvalue weighted by Crippen LogP contribution is -2.67. The Morgan fingerprint density at radius 2 is 1.61 bits per heavy atom. The first-order valence-electron chi connectivity index (χ1n) is 6.92. The average Bonchev–Trinajstić information content (AvgIpc) is 2.21. The van der Waals surface area contributed by atoms with E-state index in [-0.39, 0.29) is 5.25 Å². The minimum atomic E-state index is -3.35. The molecule has 104 valence electrons. The Morgan fingerprint density at radius 3 is 2.06 bits per heavy atom. The Kier molecular flexibility index (Phi) is 3.17. The number of fused-ring (bicyclic) bond motifs is 2. The van der Waals surface area contributed by atoms with E-state index in [1.54, 1.807) is 0 Å². The van der Waals surface area contributed by atoms with Crippen molar-refractivity contribution in [3.63, 3.8) is 0 Å². The lowest BCUT2D eigenvalue weighted by molar-refractivity contribution is -0.0514. The van der Waals surface area contributed by atoms with Gasteiger partial charge in [-0.3, -0.25) is 4.90 Å². The Bertz CT molecular complexity index is 405. The number of primary sulfonamides is 1. The smallest absolute Gasteiger partial charge is 0.212 e. The van der Waals surface area contributed by atoms with Crippen molar-refractivity contribution in [2.24, 2.45) is 5.14 Å². The molecule has 2 N–H and O–H groups in total. The lowest BCUT2D eigenvalue weighted by atomic mass is 9.82. The van der Waals surface area contributed by atoms with Gasteiger partial charge in [-0.1, -0.05) is 6.42 Å². The second kappa shape index (κ2) is 4.44. The van der Waals surface area contributed by atoms with Crippen LogP contribution >= 0.6 is 0 Å². The highest BCUT2D eigenvalue weighted by atomic mass is 32.2. The summed E-state index contributed by atoms with van der Waals surface area (Å²) in [6.45, 7) is 2.26. The second-order valence-electron chi connectivity index (χ2n) is 6.24. The molecule has 3 aliphatic rings. The summed E-state index contributed by atoms with van der Waals surface area (Å²) in [4.78, 5) is 4.94. The van der Waals surface area contributed by atoms with Crippen LogP contribution in [-0.4, -0.2) is 61.7 Å². The SMILES string of the molecule is CN1CC(N2[C@@H]3CCC[C@H]2C[C@@H](S(N)(=O)=O)C3)C1. The van der Waals surface area contributed by atoms with Crippen LogP contribution in [0.4, 0.5) is 0 Å². The predicted octanol–water partition coefficient (Wildman–Crippen LogP) is -0.0256. The van der Waals surface area contributed by atoms with Gasteiger partial charge in [0.25, 0.3) is 0 Å². The van der Waals surface area contributed by atoms with E-state index < -0.39 is 10.0 Å². The summed E-state index contributed by atoms with van der Waals surface area (Å²) in [5.74, 6) is 0. The van der Waals surface area contributed by atoms with E-state index in [9.17, 15) is 8.42 Å². The van der Waals surface area contributed by atoms with Gasteiger partial charge in [-0.25, -0.2) is 13.6 Å². The molecule has 0 spiro atoms. The maximum atomic E-state index is 11.6. The zero-order valence-electron chi connectivity index (χ0n) is 11.0. The summed E-state index contributed by atoms with van der Waals surface area (Å²) >= 11 is 0. The summed E-state index contributed by atoms with van der Waals surface area (Å²) < 4.78 is 23.2. The van der Waals surface area contributed by atoms with Crippen LogP contribution < -0.4 is 5.14 Å². The van der Waals surface area contributed by atoms with E-state index in [2.05, 4.69) is 16.8 Å². The normalized spacial score (nSPS) is 39.6. The van der Waals surface area contributed by atoms with E-state index in [4.69, 9.17) is 5.14 Å². The Labute approximate surface area is 109 Å². The highest BCUT2D eigenvalue weighted by molar-refractivity contribution is 7.89. The van der Waals surface area contributed by atoms with Gasteiger partial charge >= 0.3 is 0 Å². The summed E-state index contributed by atoms with van der Waals surface area (Å²) in [6.07, 6.45) is 5.02. The second-order valence-corrected chi connectivity index (χ2v) is 8.09. The van der Waals surface area contributed by atoms with Crippen LogP contribution in [-0.2, 0) is 10.0 Å². The molecule has 5 nitrogen and oxygen atoms in total. The van der Waals surface area contributed by atoms with Crippen LogP contribution in [0.1, 0.15) is 32.1 Å². The third-order valence-corrected chi connectivity index (χ3v) is 6.23. The predicted molar refractivity (Wildman–Crippen MR) is 70.7 cm³/mol. The van der Waals surface area contributed by atoms with E-state index in [1.807, 2.05) is 0 Å². The summed E-state index contributed by atoms with van der Waals surface area (Å²) in [5, 5.41) is 5.05. The molecule has 0 aromatic rings. The number of hydrogen-bond donors (Lipinski definition) is 1. The minimum absolute atomic E-state index is 0.304. The van der Waals surface area contributed by atoms with Crippen LogP contribution in [0.25, 0.3) is 0 Å². The molecule has 3 atom stereocenters. The molecule has 3 heterocycles. The molecular weight excluding hydrogens is 250 g/mol. The molecule has 0 amide bonds. The fraction of sp³-hybridized carbons (Fsp3) is 1.00. The molecule has 0 unspecified atom stereocenters. The minimum Gasteiger partial charge on any atom is -0.303 e. The summed E-state index contributed by atoms with van der Waals surface area (Å²) in [6, 6.07) is 1.53. The molecule has 3 rings (SSSR count). The van der Waals surface area contributed by atoms with E-state index >= 15 is 0 Å². The summed E-state index contributed by atoms with van der Waals surface area (Å²) in [7, 11) is -1.21. The van der Waals surface area contributed by atoms with Crippen molar-refractivity contribution >= 4 is 10.0 Å². The maximum Gasteiger partial charge on any atom is 0.212 e. The molecule has 0 saturated carbocycles. The molecule has 3 saturated heterocycles. The molecule has 3 aliphatic heterocycles. The number of piperidine rings is 2. The van der Waals surface area contributed by atoms with Crippen molar-refractivity contribution in [2.75, 3.05) is 20.1 Å². The fourth-order valence-electron chi connectivity index (χ4n) is 4.09. The quantitative estimate of drug-likeness (QED) is 0.767. The van der Waals surface area contributed by atoms with Crippen molar-refractivity contribution in [2.45, 2.75) is 55.5 Å². The van der Waals surface area contributed by atoms with Gasteiger partial charge in [0.15, 0.2) is 0 Å². The number of sulfonamides is 1. The topological polar surface area (TPSA) is 66.6 Å². The van der Waals surface area contributed by atoms with Crippen molar-refractivity contribution in [1.82, 2.24) is 9.80 Å². The highest BCUT2D eigenvalue weighted by Gasteiger charge is 2.46. The van der Waals surface area contributed by atoms with E-state index in [1.165, 1.54) is 6.42 Å². The number of likely N-dealkylation sites (N-methyl/N-ethyl adjacent to an activating group) is 1. The third kappa shape index (κ3) is 2.19. The van der Waals surface area contributed by atoms with Crippen LogP contribution in [0.5, 0.6) is 0 Å². The zero-order chi connectivity index (χ0) is 12.9. The Hall–Kier alpha value is -0.170. The monoisotopic (exact) mass is 273 g/mol. The van der Waals surface area contributed by atoms with Gasteiger partial charge in [0.1, 0.15) is 0 Å². The van der Waals surface area contributed by atoms with Crippen molar-refractivity contribution in [1.29, 1.82) is 0 Å². The van der Waals surface area contributed by atoms with Crippen molar-refractivity contribution in [3.05, 3.63) is 0 Å². The first-order valence-corrected chi connectivity index (χ1v) is 8.53. The van der Waals surface area contributed by atoms with Crippen LogP contribution in [0, 0.1) is 0 Å². The molecule has 0 aromatic heterocycles. The molecule has 2 bridgehead atoms. The zero-order valence-corrected chi connectivity index (χ0v) is 11.8. The molecule has 3 fully saturated rings. The van der Waals surface area contributed by atoms with Gasteiger partial charge < -0.3 is 4.90 Å². The van der Waals surface area contributed by atoms with Crippen LogP contribution in [0.2, 0.25) is 0 Å². The maximum absolute atomic E-state index is 11.6. The lowest BCUT2D eigenvalue weighted by Gasteiger charge is -2.56. The van der Waals surface area contributed by atoms with Gasteiger partial charge in [0.05, 0.1) is 5.25 Å². The standard InChI is InChI=1S/C12H23N3O2S/c1-14-7-11(8-14)15-9-3-2-4-10(15)6-12(5-9)18(13,16)17/h9-12H,2-8H2,1H3,(H2,13,16,17)/t9-,10+,12+. The Balaban J connectivity index is 1.75. The van der Waals surface area contributed by atoms with Gasteiger partial charge in [-0.15, -0.1) is 0 Å². The number of hydrogen-bond acceptors (Lipinski definition) is 4.